The van der Waals surface area contributed by atoms with Gasteiger partial charge in [-0.15, -0.1) is 12.4 Å². The van der Waals surface area contributed by atoms with Crippen LogP contribution < -0.4 is 5.63 Å². The van der Waals surface area contributed by atoms with Crippen molar-refractivity contribution in [3.63, 3.8) is 0 Å². The minimum atomic E-state index is -0.651. The van der Waals surface area contributed by atoms with E-state index in [1.54, 1.807) is 19.1 Å². The van der Waals surface area contributed by atoms with Crippen LogP contribution in [-0.2, 0) is 0 Å². The first-order chi connectivity index (χ1) is 10.5. The molecule has 0 atom stereocenters. The lowest BCUT2D eigenvalue weighted by atomic mass is 10.0. The molecule has 1 heterocycles. The van der Waals surface area contributed by atoms with Gasteiger partial charge in [0.25, 0.3) is 0 Å². The highest BCUT2D eigenvalue weighted by Gasteiger charge is 2.16. The Balaban J connectivity index is 0.00000264. The summed E-state index contributed by atoms with van der Waals surface area (Å²) in [7, 11) is 0. The van der Waals surface area contributed by atoms with E-state index in [2.05, 4.69) is 4.90 Å². The lowest BCUT2D eigenvalue weighted by Gasteiger charge is -2.16. The third-order valence-corrected chi connectivity index (χ3v) is 3.89. The lowest BCUT2D eigenvalue weighted by molar-refractivity contribution is 0.0963. The van der Waals surface area contributed by atoms with Crippen LogP contribution in [0.2, 0.25) is 0 Å². The highest BCUT2D eigenvalue weighted by atomic mass is 35.5. The van der Waals surface area contributed by atoms with Crippen LogP contribution in [0.5, 0.6) is 5.75 Å². The quantitative estimate of drug-likeness (QED) is 0.646. The van der Waals surface area contributed by atoms with Crippen LogP contribution in [0.4, 0.5) is 0 Å². The molecule has 0 aliphatic carbocycles. The standard InChI is InChI=1S/C17H21NO4.ClH/c1-4-18(5-2)7-6-15(20)14-10-13-11(3)8-12(19)9-16(13)22-17(14)21;/h8-10,19H,4-7H2,1-3H3;1H. The lowest BCUT2D eigenvalue weighted by Crippen LogP contribution is -2.27. The second-order valence-electron chi connectivity index (χ2n) is 5.32. The van der Waals surface area contributed by atoms with Crippen molar-refractivity contribution >= 4 is 29.2 Å². The van der Waals surface area contributed by atoms with Crippen LogP contribution in [0.25, 0.3) is 11.0 Å². The summed E-state index contributed by atoms with van der Waals surface area (Å²) >= 11 is 0. The Kier molecular flexibility index (Phi) is 6.79. The van der Waals surface area contributed by atoms with Gasteiger partial charge in [-0.3, -0.25) is 4.79 Å². The van der Waals surface area contributed by atoms with E-state index in [4.69, 9.17) is 4.42 Å². The average molecular weight is 340 g/mol. The Morgan fingerprint density at radius 2 is 1.87 bits per heavy atom. The van der Waals surface area contributed by atoms with Crippen LogP contribution in [0.15, 0.2) is 27.4 Å². The van der Waals surface area contributed by atoms with Crippen molar-refractivity contribution in [3.8, 4) is 5.75 Å². The van der Waals surface area contributed by atoms with Crippen molar-refractivity contribution in [2.75, 3.05) is 19.6 Å². The molecule has 0 fully saturated rings. The summed E-state index contributed by atoms with van der Waals surface area (Å²) in [6, 6.07) is 4.53. The second-order valence-corrected chi connectivity index (χ2v) is 5.32. The SMILES string of the molecule is CCN(CC)CCC(=O)c1cc2c(C)cc(O)cc2oc1=O.Cl. The molecule has 126 valence electrons. The maximum Gasteiger partial charge on any atom is 0.347 e. The maximum atomic E-state index is 12.3. The molecule has 5 nitrogen and oxygen atoms in total. The van der Waals surface area contributed by atoms with Gasteiger partial charge in [0.15, 0.2) is 5.78 Å². The number of hydrogen-bond donors (Lipinski definition) is 1. The van der Waals surface area contributed by atoms with Crippen molar-refractivity contribution < 1.29 is 14.3 Å². The number of carbonyl (C=O) groups is 1. The van der Waals surface area contributed by atoms with E-state index in [0.29, 0.717) is 17.5 Å². The fourth-order valence-corrected chi connectivity index (χ4v) is 2.50. The van der Waals surface area contributed by atoms with Crippen LogP contribution in [-0.4, -0.2) is 35.4 Å². The Labute approximate surface area is 141 Å². The van der Waals surface area contributed by atoms with Crippen molar-refractivity contribution in [2.45, 2.75) is 27.2 Å². The molecule has 0 aliphatic rings. The van der Waals surface area contributed by atoms with Crippen LogP contribution in [0, 0.1) is 6.92 Å². The van der Waals surface area contributed by atoms with Gasteiger partial charge in [0.1, 0.15) is 16.9 Å². The molecule has 2 rings (SSSR count). The van der Waals surface area contributed by atoms with E-state index in [9.17, 15) is 14.7 Å². The van der Waals surface area contributed by atoms with Crippen LogP contribution >= 0.6 is 12.4 Å². The zero-order valence-electron chi connectivity index (χ0n) is 13.6. The highest BCUT2D eigenvalue weighted by Crippen LogP contribution is 2.24. The Bertz CT molecular complexity index is 750. The Morgan fingerprint density at radius 3 is 2.48 bits per heavy atom. The number of aromatic hydroxyl groups is 1. The third kappa shape index (κ3) is 4.33. The number of halogens is 1. The summed E-state index contributed by atoms with van der Waals surface area (Å²) in [6.07, 6.45) is 0.287. The number of fused-ring (bicyclic) bond motifs is 1. The predicted octanol–water partition coefficient (Wildman–Crippen LogP) is 3.14. The van der Waals surface area contributed by atoms with E-state index in [1.807, 2.05) is 13.8 Å². The monoisotopic (exact) mass is 339 g/mol. The van der Waals surface area contributed by atoms with E-state index in [-0.39, 0.29) is 35.9 Å². The summed E-state index contributed by atoms with van der Waals surface area (Å²) < 4.78 is 5.19. The van der Waals surface area contributed by atoms with Crippen molar-refractivity contribution in [2.24, 2.45) is 0 Å². The molecule has 0 aliphatic heterocycles. The molecule has 0 saturated heterocycles. The summed E-state index contributed by atoms with van der Waals surface area (Å²) in [6.45, 7) is 8.23. The summed E-state index contributed by atoms with van der Waals surface area (Å²) in [5, 5.41) is 10.2. The van der Waals surface area contributed by atoms with Gasteiger partial charge >= 0.3 is 5.63 Å². The molecule has 0 unspecified atom stereocenters. The molecule has 1 aromatic carbocycles. The summed E-state index contributed by atoms with van der Waals surface area (Å²) in [4.78, 5) is 26.4. The fraction of sp³-hybridized carbons (Fsp3) is 0.412. The third-order valence-electron chi connectivity index (χ3n) is 3.89. The molecule has 23 heavy (non-hydrogen) atoms. The molecule has 0 amide bonds. The van der Waals surface area contributed by atoms with Gasteiger partial charge in [0.05, 0.1) is 0 Å². The second kappa shape index (κ2) is 8.13. The number of phenolic OH excluding ortho intramolecular Hbond substituents is 1. The largest absolute Gasteiger partial charge is 0.508 e. The molecule has 0 saturated carbocycles. The van der Waals surface area contributed by atoms with Gasteiger partial charge in [-0.2, -0.15) is 0 Å². The van der Waals surface area contributed by atoms with E-state index >= 15 is 0 Å². The van der Waals surface area contributed by atoms with Crippen molar-refractivity contribution in [3.05, 3.63) is 39.7 Å². The van der Waals surface area contributed by atoms with Gasteiger partial charge < -0.3 is 14.4 Å². The molecule has 2 aromatic rings. The summed E-state index contributed by atoms with van der Waals surface area (Å²) in [5.74, 6) is -0.177. The molecule has 1 N–H and O–H groups in total. The van der Waals surface area contributed by atoms with Gasteiger partial charge in [-0.05, 0) is 37.7 Å². The first-order valence-electron chi connectivity index (χ1n) is 7.49. The first kappa shape index (κ1) is 19.2. The number of Topliss-reactive ketones (excluding diaryl/α,β-unsaturated/α-hetero) is 1. The van der Waals surface area contributed by atoms with E-state index < -0.39 is 5.63 Å². The van der Waals surface area contributed by atoms with Crippen molar-refractivity contribution in [1.29, 1.82) is 0 Å². The molecule has 0 bridgehead atoms. The molecule has 6 heteroatoms. The maximum absolute atomic E-state index is 12.3. The zero-order chi connectivity index (χ0) is 16.3. The molecule has 1 aromatic heterocycles. The summed E-state index contributed by atoms with van der Waals surface area (Å²) in [5.41, 5.74) is 0.481. The number of benzene rings is 1. The average Bonchev–Trinajstić information content (AvgIpc) is 2.47. The minimum absolute atomic E-state index is 0. The highest BCUT2D eigenvalue weighted by molar-refractivity contribution is 5.98. The Hall–Kier alpha value is -1.85. The van der Waals surface area contributed by atoms with Crippen molar-refractivity contribution in [1.82, 2.24) is 4.90 Å². The van der Waals surface area contributed by atoms with Gasteiger partial charge in [0.2, 0.25) is 0 Å². The van der Waals surface area contributed by atoms with E-state index in [0.717, 1.165) is 18.7 Å². The van der Waals surface area contributed by atoms with Crippen LogP contribution in [0.3, 0.4) is 0 Å². The van der Waals surface area contributed by atoms with Crippen LogP contribution in [0.1, 0.15) is 36.2 Å². The number of nitrogens with zero attached hydrogens (tertiary/aromatic N) is 1. The minimum Gasteiger partial charge on any atom is -0.508 e. The molecular formula is C17H22ClNO4. The number of phenols is 1. The topological polar surface area (TPSA) is 70.8 Å². The first-order valence-corrected chi connectivity index (χ1v) is 7.49. The number of aryl methyl sites for hydroxylation is 1. The number of hydrogen-bond acceptors (Lipinski definition) is 5. The predicted molar refractivity (Wildman–Crippen MR) is 92.9 cm³/mol. The molecular weight excluding hydrogens is 318 g/mol. The van der Waals surface area contributed by atoms with E-state index in [1.165, 1.54) is 6.07 Å². The van der Waals surface area contributed by atoms with Gasteiger partial charge in [-0.25, -0.2) is 4.79 Å². The smallest absolute Gasteiger partial charge is 0.347 e. The number of rotatable bonds is 6. The molecule has 0 radical (unpaired) electrons. The molecule has 0 spiro atoms. The zero-order valence-corrected chi connectivity index (χ0v) is 14.4. The van der Waals surface area contributed by atoms with Gasteiger partial charge in [-0.1, -0.05) is 13.8 Å². The normalized spacial score (nSPS) is 10.8. The Morgan fingerprint density at radius 1 is 1.22 bits per heavy atom. The number of carbonyl (C=O) groups excluding carboxylic acids is 1. The fourth-order valence-electron chi connectivity index (χ4n) is 2.50. The van der Waals surface area contributed by atoms with Gasteiger partial charge in [0, 0.05) is 24.4 Å². The number of ketones is 1.